The Morgan fingerprint density at radius 3 is 1.63 bits per heavy atom. The smallest absolute Gasteiger partial charge is 0.146 e. The van der Waals surface area contributed by atoms with Crippen molar-refractivity contribution in [2.24, 2.45) is 0 Å². The fraction of sp³-hybridized carbons (Fsp3) is 0. The highest BCUT2D eigenvalue weighted by molar-refractivity contribution is 6.37. The molecule has 0 bridgehead atoms. The first kappa shape index (κ1) is 26.5. The van der Waals surface area contributed by atoms with Crippen molar-refractivity contribution in [3.05, 3.63) is 164 Å². The summed E-state index contributed by atoms with van der Waals surface area (Å²) in [7, 11) is 0. The predicted octanol–water partition coefficient (Wildman–Crippen LogP) is 12.1. The van der Waals surface area contributed by atoms with Crippen LogP contribution in [-0.2, 0) is 0 Å². The minimum absolute atomic E-state index is 0.843. The van der Waals surface area contributed by atoms with Gasteiger partial charge in [-0.2, -0.15) is 0 Å². The van der Waals surface area contributed by atoms with Crippen molar-refractivity contribution in [2.45, 2.75) is 0 Å². The molecule has 0 radical (unpaired) electrons. The van der Waals surface area contributed by atoms with E-state index >= 15 is 0 Å². The number of imidazole rings is 1. The van der Waals surface area contributed by atoms with E-state index in [1.54, 1.807) is 0 Å². The van der Waals surface area contributed by atoms with Crippen LogP contribution in [-0.4, -0.2) is 14.5 Å². The molecule has 0 aliphatic carbocycles. The molecule has 9 aromatic carbocycles. The first-order valence-corrected chi connectivity index (χ1v) is 16.7. The summed E-state index contributed by atoms with van der Waals surface area (Å²) >= 11 is 0. The second-order valence-corrected chi connectivity index (χ2v) is 13.0. The van der Waals surface area contributed by atoms with Crippen molar-refractivity contribution in [2.75, 3.05) is 0 Å². The lowest BCUT2D eigenvalue weighted by Gasteiger charge is -2.17. The summed E-state index contributed by atoms with van der Waals surface area (Å²) in [6, 6.07) is 57.0. The number of rotatable bonds is 3. The molecular formula is C46H27N3. The van der Waals surface area contributed by atoms with E-state index in [-0.39, 0.29) is 0 Å². The zero-order valence-corrected chi connectivity index (χ0v) is 26.4. The van der Waals surface area contributed by atoms with Crippen LogP contribution in [0.3, 0.4) is 0 Å². The van der Waals surface area contributed by atoms with Crippen molar-refractivity contribution in [3.8, 4) is 28.3 Å². The number of benzene rings is 8. The molecule has 0 spiro atoms. The summed E-state index contributed by atoms with van der Waals surface area (Å²) in [4.78, 5) is 10.1. The fourth-order valence-corrected chi connectivity index (χ4v) is 8.18. The van der Waals surface area contributed by atoms with Gasteiger partial charge in [-0.1, -0.05) is 121 Å². The first-order valence-electron chi connectivity index (χ1n) is 16.7. The van der Waals surface area contributed by atoms with E-state index in [1.165, 1.54) is 64.6 Å². The molecule has 0 atom stereocenters. The second kappa shape index (κ2) is 9.96. The van der Waals surface area contributed by atoms with E-state index in [9.17, 15) is 0 Å². The maximum Gasteiger partial charge on any atom is 0.146 e. The van der Waals surface area contributed by atoms with Gasteiger partial charge in [0.05, 0.1) is 11.0 Å². The Labute approximate surface area is 281 Å². The molecule has 0 amide bonds. The molecule has 49 heavy (non-hydrogen) atoms. The van der Waals surface area contributed by atoms with Gasteiger partial charge >= 0.3 is 0 Å². The van der Waals surface area contributed by atoms with Crippen molar-refractivity contribution < 1.29 is 0 Å². The first-order chi connectivity index (χ1) is 24.3. The average Bonchev–Trinajstić information content (AvgIpc) is 3.56. The van der Waals surface area contributed by atoms with Gasteiger partial charge in [-0.3, -0.25) is 4.57 Å². The summed E-state index contributed by atoms with van der Waals surface area (Å²) in [5.74, 6) is 1.73. The lowest BCUT2D eigenvalue weighted by molar-refractivity contribution is 1.03. The lowest BCUT2D eigenvalue weighted by atomic mass is 9.86. The Morgan fingerprint density at radius 2 is 0.980 bits per heavy atom. The molecule has 0 saturated heterocycles. The number of aromatic nitrogens is 3. The van der Waals surface area contributed by atoms with Crippen LogP contribution < -0.4 is 0 Å². The molecule has 0 saturated carbocycles. The molecule has 11 rings (SSSR count). The number of hydrogen-bond donors (Lipinski definition) is 0. The topological polar surface area (TPSA) is 30.7 Å². The minimum atomic E-state index is 0.843. The zero-order valence-electron chi connectivity index (χ0n) is 26.4. The van der Waals surface area contributed by atoms with E-state index in [2.05, 4.69) is 150 Å². The molecule has 11 aromatic rings. The van der Waals surface area contributed by atoms with Gasteiger partial charge in [-0.05, 0) is 107 Å². The molecule has 226 valence electrons. The van der Waals surface area contributed by atoms with Gasteiger partial charge in [0, 0.05) is 17.3 Å². The van der Waals surface area contributed by atoms with Gasteiger partial charge in [0.15, 0.2) is 0 Å². The number of hydrogen-bond acceptors (Lipinski definition) is 2. The highest BCUT2D eigenvalue weighted by Crippen LogP contribution is 2.44. The summed E-state index contributed by atoms with van der Waals surface area (Å²) in [5.41, 5.74) is 5.27. The molecule has 2 heterocycles. The van der Waals surface area contributed by atoms with Crippen LogP contribution in [0.1, 0.15) is 0 Å². The fourth-order valence-electron chi connectivity index (χ4n) is 8.18. The second-order valence-electron chi connectivity index (χ2n) is 13.0. The SMILES string of the molecule is c1ccc(-c2nc3ccccc3n2-c2ccc(-c3cc4ccc5cccc6c7cccc8ccc9cccc(c(c3)c4c56)c9c87)cn2)cc1. The van der Waals surface area contributed by atoms with Crippen molar-refractivity contribution in [1.29, 1.82) is 0 Å². The standard InChI is InChI=1S/C46H27N3/c1-2-9-31(10-3-1)46-48-39-17-4-5-18-40(39)49(46)41-24-23-33(27-47-41)34-25-32-22-21-30-12-7-15-36-35-14-6-11-28-19-20-29-13-8-16-37(44(29)42(28)35)38(26-34)45(32)43(30)36/h1-27H. The van der Waals surface area contributed by atoms with E-state index in [0.29, 0.717) is 0 Å². The van der Waals surface area contributed by atoms with Crippen LogP contribution in [0.5, 0.6) is 0 Å². The van der Waals surface area contributed by atoms with Gasteiger partial charge in [-0.15, -0.1) is 0 Å². The summed E-state index contributed by atoms with van der Waals surface area (Å²) in [6.07, 6.45) is 2.01. The quantitative estimate of drug-likeness (QED) is 0.184. The van der Waals surface area contributed by atoms with Gasteiger partial charge in [0.1, 0.15) is 11.6 Å². The summed E-state index contributed by atoms with van der Waals surface area (Å²) < 4.78 is 2.17. The molecule has 0 N–H and O–H groups in total. The van der Waals surface area contributed by atoms with E-state index in [4.69, 9.17) is 9.97 Å². The largest absolute Gasteiger partial charge is 0.276 e. The van der Waals surface area contributed by atoms with Crippen molar-refractivity contribution in [1.82, 2.24) is 14.5 Å². The predicted molar refractivity (Wildman–Crippen MR) is 206 cm³/mol. The third kappa shape index (κ3) is 3.78. The van der Waals surface area contributed by atoms with Gasteiger partial charge in [-0.25, -0.2) is 9.97 Å². The molecule has 0 aliphatic rings. The van der Waals surface area contributed by atoms with E-state index in [1.807, 2.05) is 18.3 Å². The molecular weight excluding hydrogens is 595 g/mol. The molecule has 2 aromatic heterocycles. The van der Waals surface area contributed by atoms with Gasteiger partial charge in [0.25, 0.3) is 0 Å². The summed E-state index contributed by atoms with van der Waals surface area (Å²) in [5, 5.41) is 15.4. The van der Waals surface area contributed by atoms with Gasteiger partial charge in [0.2, 0.25) is 0 Å². The zero-order chi connectivity index (χ0) is 32.1. The Morgan fingerprint density at radius 1 is 0.388 bits per heavy atom. The highest BCUT2D eigenvalue weighted by atomic mass is 15.1. The van der Waals surface area contributed by atoms with Crippen molar-refractivity contribution >= 4 is 75.7 Å². The molecule has 0 fully saturated rings. The molecule has 0 unspecified atom stereocenters. The van der Waals surface area contributed by atoms with Crippen molar-refractivity contribution in [3.63, 3.8) is 0 Å². The third-order valence-corrected chi connectivity index (χ3v) is 10.3. The average molecular weight is 622 g/mol. The number of pyridine rings is 1. The van der Waals surface area contributed by atoms with Crippen LogP contribution >= 0.6 is 0 Å². The lowest BCUT2D eigenvalue weighted by Crippen LogP contribution is -2.00. The maximum absolute atomic E-state index is 5.09. The van der Waals surface area contributed by atoms with E-state index in [0.717, 1.165) is 39.4 Å². The number of nitrogens with zero attached hydrogens (tertiary/aromatic N) is 3. The Bertz CT molecular complexity index is 3080. The monoisotopic (exact) mass is 621 g/mol. The Hall–Kier alpha value is -6.58. The Kier molecular flexibility index (Phi) is 5.38. The minimum Gasteiger partial charge on any atom is -0.276 e. The van der Waals surface area contributed by atoms with Gasteiger partial charge < -0.3 is 0 Å². The highest BCUT2D eigenvalue weighted by Gasteiger charge is 2.18. The van der Waals surface area contributed by atoms with Crippen LogP contribution in [0.15, 0.2) is 164 Å². The number of fused-ring (bicyclic) bond motifs is 3. The molecule has 3 heteroatoms. The van der Waals surface area contributed by atoms with Crippen LogP contribution in [0.25, 0.3) is 104 Å². The summed E-state index contributed by atoms with van der Waals surface area (Å²) in [6.45, 7) is 0. The normalized spacial score (nSPS) is 12.1. The third-order valence-electron chi connectivity index (χ3n) is 10.3. The van der Waals surface area contributed by atoms with E-state index < -0.39 is 0 Å². The van der Waals surface area contributed by atoms with Crippen LogP contribution in [0, 0.1) is 0 Å². The Balaban J connectivity index is 1.20. The van der Waals surface area contributed by atoms with Crippen LogP contribution in [0.2, 0.25) is 0 Å². The number of para-hydroxylation sites is 2. The maximum atomic E-state index is 5.09. The molecule has 0 aliphatic heterocycles. The molecule has 3 nitrogen and oxygen atoms in total. The van der Waals surface area contributed by atoms with Crippen LogP contribution in [0.4, 0.5) is 0 Å².